The predicted molar refractivity (Wildman–Crippen MR) is 93.7 cm³/mol. The lowest BCUT2D eigenvalue weighted by atomic mass is 9.99. The van der Waals surface area contributed by atoms with Crippen LogP contribution in [-0.4, -0.2) is 0 Å². The molecule has 1 heteroatoms. The van der Waals surface area contributed by atoms with Gasteiger partial charge in [0.15, 0.2) is 0 Å². The molecule has 118 valence electrons. The Morgan fingerprint density at radius 1 is 0.727 bits per heavy atom. The van der Waals surface area contributed by atoms with E-state index < -0.39 is 0 Å². The van der Waals surface area contributed by atoms with E-state index in [1.807, 2.05) is 18.2 Å². The number of halogens is 1. The number of hydrogen-bond acceptors (Lipinski definition) is 0. The highest BCUT2D eigenvalue weighted by Crippen LogP contribution is 2.25. The van der Waals surface area contributed by atoms with E-state index in [0.717, 1.165) is 30.4 Å². The monoisotopic (exact) mass is 298 g/mol. The maximum Gasteiger partial charge on any atom is 0.131 e. The van der Waals surface area contributed by atoms with Gasteiger partial charge in [0.2, 0.25) is 0 Å². The minimum Gasteiger partial charge on any atom is -0.206 e. The standard InChI is InChI=1S/C21H27F/c1-3-5-7-9-18-12-15-20(21(22)16-18)19-13-10-17(11-14-19)8-6-4-2/h10-16H,3-9H2,1-2H3. The Bertz CT molecular complexity index is 569. The van der Waals surface area contributed by atoms with Crippen LogP contribution < -0.4 is 0 Å². The summed E-state index contributed by atoms with van der Waals surface area (Å²) in [6.45, 7) is 4.39. The second-order valence-electron chi connectivity index (χ2n) is 6.07. The van der Waals surface area contributed by atoms with Crippen molar-refractivity contribution in [1.82, 2.24) is 0 Å². The van der Waals surface area contributed by atoms with Gasteiger partial charge in [0.25, 0.3) is 0 Å². The molecule has 0 fully saturated rings. The molecule has 0 N–H and O–H groups in total. The van der Waals surface area contributed by atoms with Gasteiger partial charge in [-0.3, -0.25) is 0 Å². The van der Waals surface area contributed by atoms with Crippen LogP contribution in [0.3, 0.4) is 0 Å². The van der Waals surface area contributed by atoms with Crippen molar-refractivity contribution in [3.05, 3.63) is 59.4 Å². The number of hydrogen-bond donors (Lipinski definition) is 0. The van der Waals surface area contributed by atoms with Crippen molar-refractivity contribution in [2.24, 2.45) is 0 Å². The van der Waals surface area contributed by atoms with E-state index >= 15 is 0 Å². The SMILES string of the molecule is CCCCCc1ccc(-c2ccc(CCCC)cc2)c(F)c1. The van der Waals surface area contributed by atoms with Crippen LogP contribution >= 0.6 is 0 Å². The van der Waals surface area contributed by atoms with Crippen LogP contribution in [-0.2, 0) is 12.8 Å². The first-order valence-electron chi connectivity index (χ1n) is 8.62. The summed E-state index contributed by atoms with van der Waals surface area (Å²) in [4.78, 5) is 0. The molecule has 0 aliphatic carbocycles. The molecule has 0 unspecified atom stereocenters. The van der Waals surface area contributed by atoms with Crippen LogP contribution in [0.15, 0.2) is 42.5 Å². The molecule has 22 heavy (non-hydrogen) atoms. The normalized spacial score (nSPS) is 10.9. The van der Waals surface area contributed by atoms with E-state index in [1.54, 1.807) is 6.07 Å². The van der Waals surface area contributed by atoms with Crippen LogP contribution in [0.2, 0.25) is 0 Å². The lowest BCUT2D eigenvalue weighted by molar-refractivity contribution is 0.626. The fraction of sp³-hybridized carbons (Fsp3) is 0.429. The summed E-state index contributed by atoms with van der Waals surface area (Å²) in [5.74, 6) is -0.102. The van der Waals surface area contributed by atoms with Crippen molar-refractivity contribution in [1.29, 1.82) is 0 Å². The molecule has 2 aromatic carbocycles. The molecule has 0 bridgehead atoms. The van der Waals surface area contributed by atoms with Gasteiger partial charge in [-0.1, -0.05) is 69.5 Å². The lowest BCUT2D eigenvalue weighted by Crippen LogP contribution is -1.91. The average Bonchev–Trinajstić information content (AvgIpc) is 2.54. The third-order valence-electron chi connectivity index (χ3n) is 4.19. The zero-order chi connectivity index (χ0) is 15.8. The molecule has 0 atom stereocenters. The molecule has 0 heterocycles. The molecule has 0 aliphatic heterocycles. The van der Waals surface area contributed by atoms with E-state index in [0.29, 0.717) is 5.56 Å². The highest BCUT2D eigenvalue weighted by molar-refractivity contribution is 5.64. The summed E-state index contributed by atoms with van der Waals surface area (Å²) in [6, 6.07) is 14.0. The van der Waals surface area contributed by atoms with Crippen LogP contribution in [0.5, 0.6) is 0 Å². The van der Waals surface area contributed by atoms with E-state index in [2.05, 4.69) is 32.0 Å². The van der Waals surface area contributed by atoms with Crippen molar-refractivity contribution in [2.75, 3.05) is 0 Å². The van der Waals surface area contributed by atoms with Crippen molar-refractivity contribution < 1.29 is 4.39 Å². The number of benzene rings is 2. The third-order valence-corrected chi connectivity index (χ3v) is 4.19. The smallest absolute Gasteiger partial charge is 0.131 e. The zero-order valence-corrected chi connectivity index (χ0v) is 13.9. The number of aryl methyl sites for hydroxylation is 2. The van der Waals surface area contributed by atoms with Crippen molar-refractivity contribution in [3.8, 4) is 11.1 Å². The van der Waals surface area contributed by atoms with Crippen molar-refractivity contribution in [3.63, 3.8) is 0 Å². The van der Waals surface area contributed by atoms with E-state index in [1.165, 1.54) is 31.2 Å². The fourth-order valence-corrected chi connectivity index (χ4v) is 2.76. The number of rotatable bonds is 8. The molecule has 2 rings (SSSR count). The Hall–Kier alpha value is -1.63. The van der Waals surface area contributed by atoms with Gasteiger partial charge < -0.3 is 0 Å². The molecule has 0 saturated heterocycles. The van der Waals surface area contributed by atoms with Gasteiger partial charge in [0.1, 0.15) is 5.82 Å². The average molecular weight is 298 g/mol. The number of unbranched alkanes of at least 4 members (excludes halogenated alkanes) is 3. The Morgan fingerprint density at radius 2 is 1.36 bits per heavy atom. The maximum atomic E-state index is 14.3. The van der Waals surface area contributed by atoms with Gasteiger partial charge in [-0.05, 0) is 48.4 Å². The van der Waals surface area contributed by atoms with Crippen LogP contribution in [0, 0.1) is 5.82 Å². The molecule has 0 aliphatic rings. The summed E-state index contributed by atoms with van der Waals surface area (Å²) in [5.41, 5.74) is 4.12. The summed E-state index contributed by atoms with van der Waals surface area (Å²) in [5, 5.41) is 0. The van der Waals surface area contributed by atoms with Gasteiger partial charge in [-0.2, -0.15) is 0 Å². The molecule has 0 radical (unpaired) electrons. The van der Waals surface area contributed by atoms with E-state index in [-0.39, 0.29) is 5.82 Å². The molecule has 0 saturated carbocycles. The van der Waals surface area contributed by atoms with Gasteiger partial charge in [0.05, 0.1) is 0 Å². The largest absolute Gasteiger partial charge is 0.206 e. The molecule has 0 nitrogen and oxygen atoms in total. The second kappa shape index (κ2) is 8.73. The predicted octanol–water partition coefficient (Wildman–Crippen LogP) is 6.57. The first kappa shape index (κ1) is 16.7. The highest BCUT2D eigenvalue weighted by Gasteiger charge is 2.06. The fourth-order valence-electron chi connectivity index (χ4n) is 2.76. The van der Waals surface area contributed by atoms with Gasteiger partial charge >= 0.3 is 0 Å². The molecule has 0 amide bonds. The molecule has 2 aromatic rings. The Morgan fingerprint density at radius 3 is 2.00 bits per heavy atom. The molecule has 0 spiro atoms. The summed E-state index contributed by atoms with van der Waals surface area (Å²) in [7, 11) is 0. The van der Waals surface area contributed by atoms with Gasteiger partial charge in [0, 0.05) is 5.56 Å². The Labute approximate surface area is 134 Å². The Balaban J connectivity index is 2.08. The van der Waals surface area contributed by atoms with Crippen molar-refractivity contribution >= 4 is 0 Å². The first-order valence-corrected chi connectivity index (χ1v) is 8.62. The van der Waals surface area contributed by atoms with Crippen LogP contribution in [0.25, 0.3) is 11.1 Å². The lowest BCUT2D eigenvalue weighted by Gasteiger charge is -2.08. The van der Waals surface area contributed by atoms with E-state index in [4.69, 9.17) is 0 Å². The van der Waals surface area contributed by atoms with E-state index in [9.17, 15) is 4.39 Å². The van der Waals surface area contributed by atoms with Crippen molar-refractivity contribution in [2.45, 2.75) is 58.8 Å². The topological polar surface area (TPSA) is 0 Å². The second-order valence-corrected chi connectivity index (χ2v) is 6.07. The summed E-state index contributed by atoms with van der Waals surface area (Å²) in [6.07, 6.45) is 8.04. The summed E-state index contributed by atoms with van der Waals surface area (Å²) < 4.78 is 14.3. The minimum atomic E-state index is -0.102. The van der Waals surface area contributed by atoms with Gasteiger partial charge in [-0.15, -0.1) is 0 Å². The zero-order valence-electron chi connectivity index (χ0n) is 13.9. The highest BCUT2D eigenvalue weighted by atomic mass is 19.1. The quantitative estimate of drug-likeness (QED) is 0.484. The van der Waals surface area contributed by atoms with Gasteiger partial charge in [-0.25, -0.2) is 4.39 Å². The summed E-state index contributed by atoms with van der Waals surface area (Å²) >= 11 is 0. The Kier molecular flexibility index (Phi) is 6.64. The third kappa shape index (κ3) is 4.69. The molecular weight excluding hydrogens is 271 g/mol. The minimum absolute atomic E-state index is 0.102. The van der Waals surface area contributed by atoms with Crippen LogP contribution in [0.1, 0.15) is 57.1 Å². The maximum absolute atomic E-state index is 14.3. The van der Waals surface area contributed by atoms with Crippen LogP contribution in [0.4, 0.5) is 4.39 Å². The molecular formula is C21H27F. The molecule has 0 aromatic heterocycles. The first-order chi connectivity index (χ1) is 10.7.